The molecular weight excluding hydrogens is 278 g/mol. The Labute approximate surface area is 126 Å². The third-order valence-corrected chi connectivity index (χ3v) is 3.26. The molecule has 1 atom stereocenters. The minimum Gasteiger partial charge on any atom is -0.494 e. The van der Waals surface area contributed by atoms with E-state index in [2.05, 4.69) is 11.9 Å². The van der Waals surface area contributed by atoms with E-state index in [1.165, 1.54) is 0 Å². The Balaban J connectivity index is 0.00000200. The molecule has 1 fully saturated rings. The van der Waals surface area contributed by atoms with Crippen molar-refractivity contribution >= 4 is 18.4 Å². The van der Waals surface area contributed by atoms with Gasteiger partial charge in [0.15, 0.2) is 0 Å². The van der Waals surface area contributed by atoms with Crippen molar-refractivity contribution in [2.45, 2.75) is 25.9 Å². The molecule has 0 amide bonds. The van der Waals surface area contributed by atoms with Crippen molar-refractivity contribution in [3.63, 3.8) is 0 Å². The van der Waals surface area contributed by atoms with E-state index in [0.29, 0.717) is 12.2 Å². The molecule has 0 bridgehead atoms. The first-order valence-electron chi connectivity index (χ1n) is 6.81. The number of halogens is 1. The van der Waals surface area contributed by atoms with Crippen LogP contribution in [-0.2, 0) is 4.74 Å². The third-order valence-electron chi connectivity index (χ3n) is 3.26. The number of esters is 1. The number of likely N-dealkylation sites (tertiary alicyclic amines) is 1. The molecule has 0 aliphatic carbocycles. The van der Waals surface area contributed by atoms with Gasteiger partial charge in [-0.3, -0.25) is 0 Å². The van der Waals surface area contributed by atoms with Crippen LogP contribution in [0.5, 0.6) is 5.75 Å². The van der Waals surface area contributed by atoms with Crippen molar-refractivity contribution < 1.29 is 14.3 Å². The summed E-state index contributed by atoms with van der Waals surface area (Å²) in [5.41, 5.74) is 0.580. The van der Waals surface area contributed by atoms with Gasteiger partial charge in [0.2, 0.25) is 0 Å². The monoisotopic (exact) mass is 299 g/mol. The summed E-state index contributed by atoms with van der Waals surface area (Å²) in [7, 11) is 2.05. The number of carbonyl (C=O) groups is 1. The first kappa shape index (κ1) is 16.8. The molecule has 0 radical (unpaired) electrons. The summed E-state index contributed by atoms with van der Waals surface area (Å²) in [5.74, 6) is 0.528. The highest BCUT2D eigenvalue weighted by Gasteiger charge is 2.21. The maximum absolute atomic E-state index is 12.0. The third kappa shape index (κ3) is 4.69. The molecular formula is C15H22ClNO3. The Bertz CT molecular complexity index is 422. The molecule has 0 saturated carbocycles. The van der Waals surface area contributed by atoms with Gasteiger partial charge in [0.1, 0.15) is 11.9 Å². The van der Waals surface area contributed by atoms with Crippen molar-refractivity contribution in [2.24, 2.45) is 0 Å². The highest BCUT2D eigenvalue weighted by Crippen LogP contribution is 2.16. The number of rotatable bonds is 4. The zero-order chi connectivity index (χ0) is 13.7. The van der Waals surface area contributed by atoms with Gasteiger partial charge in [-0.15, -0.1) is 12.4 Å². The second-order valence-corrected chi connectivity index (χ2v) is 4.89. The standard InChI is InChI=1S/C15H21NO3.ClH/c1-3-18-13-8-6-12(7-9-13)15(17)19-14-5-4-10-16(2)11-14;/h6-9,14H,3-5,10-11H2,1-2H3;1H. The molecule has 1 aliphatic heterocycles. The maximum atomic E-state index is 12.0. The largest absolute Gasteiger partial charge is 0.494 e. The predicted octanol–water partition coefficient (Wildman–Crippen LogP) is 2.76. The van der Waals surface area contributed by atoms with Crippen LogP contribution in [0.25, 0.3) is 0 Å². The van der Waals surface area contributed by atoms with Gasteiger partial charge in [0.25, 0.3) is 0 Å². The fourth-order valence-corrected chi connectivity index (χ4v) is 2.29. The van der Waals surface area contributed by atoms with E-state index in [1.54, 1.807) is 24.3 Å². The Morgan fingerprint density at radius 1 is 1.35 bits per heavy atom. The van der Waals surface area contributed by atoms with Gasteiger partial charge in [0, 0.05) is 6.54 Å². The molecule has 0 N–H and O–H groups in total. The predicted molar refractivity (Wildman–Crippen MR) is 80.8 cm³/mol. The van der Waals surface area contributed by atoms with Gasteiger partial charge in [-0.05, 0) is 57.6 Å². The number of ether oxygens (including phenoxy) is 2. The van der Waals surface area contributed by atoms with Crippen LogP contribution in [0.4, 0.5) is 0 Å². The summed E-state index contributed by atoms with van der Waals surface area (Å²) in [4.78, 5) is 14.2. The number of hydrogen-bond acceptors (Lipinski definition) is 4. The van der Waals surface area contributed by atoms with Crippen LogP contribution in [-0.4, -0.2) is 43.7 Å². The van der Waals surface area contributed by atoms with Crippen LogP contribution in [0.2, 0.25) is 0 Å². The molecule has 0 aromatic heterocycles. The summed E-state index contributed by atoms with van der Waals surface area (Å²) in [5, 5.41) is 0. The molecule has 1 saturated heterocycles. The van der Waals surface area contributed by atoms with E-state index in [4.69, 9.17) is 9.47 Å². The molecule has 4 nitrogen and oxygen atoms in total. The molecule has 1 aromatic carbocycles. The van der Waals surface area contributed by atoms with Crippen molar-refractivity contribution in [1.29, 1.82) is 0 Å². The topological polar surface area (TPSA) is 38.8 Å². The SMILES string of the molecule is CCOc1ccc(C(=O)OC2CCCN(C)C2)cc1.Cl. The second-order valence-electron chi connectivity index (χ2n) is 4.89. The van der Waals surface area contributed by atoms with Crippen LogP contribution in [0, 0.1) is 0 Å². The number of piperidine rings is 1. The van der Waals surface area contributed by atoms with Gasteiger partial charge >= 0.3 is 5.97 Å². The van der Waals surface area contributed by atoms with E-state index in [9.17, 15) is 4.79 Å². The van der Waals surface area contributed by atoms with Crippen LogP contribution in [0.15, 0.2) is 24.3 Å². The number of hydrogen-bond donors (Lipinski definition) is 0. The number of nitrogens with zero attached hydrogens (tertiary/aromatic N) is 1. The van der Waals surface area contributed by atoms with E-state index < -0.39 is 0 Å². The van der Waals surface area contributed by atoms with Crippen LogP contribution >= 0.6 is 12.4 Å². The van der Waals surface area contributed by atoms with Crippen LogP contribution in [0.1, 0.15) is 30.1 Å². The molecule has 1 aliphatic rings. The Morgan fingerprint density at radius 3 is 2.65 bits per heavy atom. The molecule has 1 unspecified atom stereocenters. The summed E-state index contributed by atoms with van der Waals surface area (Å²) in [6.45, 7) is 4.46. The molecule has 0 spiro atoms. The van der Waals surface area contributed by atoms with Crippen molar-refractivity contribution in [3.05, 3.63) is 29.8 Å². The summed E-state index contributed by atoms with van der Waals surface area (Å²) >= 11 is 0. The Hall–Kier alpha value is -1.26. The molecule has 2 rings (SSSR count). The lowest BCUT2D eigenvalue weighted by Crippen LogP contribution is -2.38. The fraction of sp³-hybridized carbons (Fsp3) is 0.533. The summed E-state index contributed by atoms with van der Waals surface area (Å²) < 4.78 is 10.9. The summed E-state index contributed by atoms with van der Waals surface area (Å²) in [6.07, 6.45) is 2.04. The maximum Gasteiger partial charge on any atom is 0.338 e. The first-order valence-corrected chi connectivity index (χ1v) is 6.81. The molecule has 20 heavy (non-hydrogen) atoms. The molecule has 5 heteroatoms. The van der Waals surface area contributed by atoms with Gasteiger partial charge < -0.3 is 14.4 Å². The van der Waals surface area contributed by atoms with Crippen molar-refractivity contribution in [1.82, 2.24) is 4.90 Å². The molecule has 1 heterocycles. The van der Waals surface area contributed by atoms with E-state index in [1.807, 2.05) is 6.92 Å². The van der Waals surface area contributed by atoms with Gasteiger partial charge in [-0.25, -0.2) is 4.79 Å². The minimum atomic E-state index is -0.247. The zero-order valence-corrected chi connectivity index (χ0v) is 12.8. The molecule has 1 aromatic rings. The zero-order valence-electron chi connectivity index (χ0n) is 12.0. The van der Waals surface area contributed by atoms with Gasteiger partial charge in [0.05, 0.1) is 12.2 Å². The normalized spacial score (nSPS) is 19.0. The van der Waals surface area contributed by atoms with Crippen LogP contribution in [0.3, 0.4) is 0 Å². The lowest BCUT2D eigenvalue weighted by Gasteiger charge is -2.29. The summed E-state index contributed by atoms with van der Waals surface area (Å²) in [6, 6.07) is 7.10. The average molecular weight is 300 g/mol. The van der Waals surface area contributed by atoms with Crippen LogP contribution < -0.4 is 4.74 Å². The van der Waals surface area contributed by atoms with E-state index in [0.717, 1.165) is 31.7 Å². The smallest absolute Gasteiger partial charge is 0.338 e. The van der Waals surface area contributed by atoms with E-state index >= 15 is 0 Å². The highest BCUT2D eigenvalue weighted by atomic mass is 35.5. The number of carbonyl (C=O) groups excluding carboxylic acids is 1. The minimum absolute atomic E-state index is 0. The van der Waals surface area contributed by atoms with Crippen molar-refractivity contribution in [2.75, 3.05) is 26.7 Å². The Kier molecular flexibility index (Phi) is 6.82. The van der Waals surface area contributed by atoms with Gasteiger partial charge in [-0.2, -0.15) is 0 Å². The second kappa shape index (κ2) is 8.12. The molecule has 112 valence electrons. The number of benzene rings is 1. The Morgan fingerprint density at radius 2 is 2.05 bits per heavy atom. The number of likely N-dealkylation sites (N-methyl/N-ethyl adjacent to an activating group) is 1. The van der Waals surface area contributed by atoms with Gasteiger partial charge in [-0.1, -0.05) is 0 Å². The van der Waals surface area contributed by atoms with E-state index in [-0.39, 0.29) is 24.5 Å². The lowest BCUT2D eigenvalue weighted by molar-refractivity contribution is 0.0108. The quantitative estimate of drug-likeness (QED) is 0.802. The fourth-order valence-electron chi connectivity index (χ4n) is 2.29. The highest BCUT2D eigenvalue weighted by molar-refractivity contribution is 5.89. The lowest BCUT2D eigenvalue weighted by atomic mass is 10.1. The average Bonchev–Trinajstić information content (AvgIpc) is 2.40. The van der Waals surface area contributed by atoms with Crippen molar-refractivity contribution in [3.8, 4) is 5.75 Å². The first-order chi connectivity index (χ1) is 9.19.